The third-order valence-corrected chi connectivity index (χ3v) is 5.05. The van der Waals surface area contributed by atoms with Crippen LogP contribution in [0, 0.1) is 13.8 Å². The van der Waals surface area contributed by atoms with Gasteiger partial charge in [0, 0.05) is 30.7 Å². The third kappa shape index (κ3) is 2.35. The van der Waals surface area contributed by atoms with Gasteiger partial charge in [-0.2, -0.15) is 0 Å². The van der Waals surface area contributed by atoms with Crippen LogP contribution in [0.2, 0.25) is 0 Å². The lowest BCUT2D eigenvalue weighted by Crippen LogP contribution is -2.39. The van der Waals surface area contributed by atoms with Crippen molar-refractivity contribution in [2.24, 2.45) is 0 Å². The van der Waals surface area contributed by atoms with E-state index in [1.165, 1.54) is 18.4 Å². The Balaban J connectivity index is 1.80. The molecule has 0 saturated carbocycles. The molecule has 0 aromatic heterocycles. The largest absolute Gasteiger partial charge is 0.337 e. The highest BCUT2D eigenvalue weighted by Crippen LogP contribution is 2.29. The number of rotatable bonds is 1. The molecule has 2 heterocycles. The van der Waals surface area contributed by atoms with E-state index < -0.39 is 0 Å². The Morgan fingerprint density at radius 3 is 2.65 bits per heavy atom. The lowest BCUT2D eigenvalue weighted by Gasteiger charge is -2.26. The van der Waals surface area contributed by atoms with Gasteiger partial charge in [0.05, 0.1) is 0 Å². The molecule has 1 amide bonds. The maximum atomic E-state index is 12.8. The van der Waals surface area contributed by atoms with Gasteiger partial charge in [-0.3, -0.25) is 9.69 Å². The van der Waals surface area contributed by atoms with Crippen LogP contribution >= 0.6 is 0 Å². The van der Waals surface area contributed by atoms with Crippen LogP contribution in [-0.4, -0.2) is 47.9 Å². The van der Waals surface area contributed by atoms with Crippen molar-refractivity contribution in [2.45, 2.75) is 45.2 Å². The molecule has 108 valence electrons. The zero-order chi connectivity index (χ0) is 14.3. The molecule has 2 bridgehead atoms. The SMILES string of the molecule is Cc1ccc(C(=O)N2CCC3CCC(C2)N3C)c(C)c1. The molecule has 2 aliphatic heterocycles. The Morgan fingerprint density at radius 2 is 1.90 bits per heavy atom. The summed E-state index contributed by atoms with van der Waals surface area (Å²) >= 11 is 0. The van der Waals surface area contributed by atoms with Crippen LogP contribution in [0.5, 0.6) is 0 Å². The molecule has 0 aliphatic carbocycles. The minimum absolute atomic E-state index is 0.212. The fourth-order valence-electron chi connectivity index (χ4n) is 3.72. The van der Waals surface area contributed by atoms with Crippen LogP contribution in [0.1, 0.15) is 40.7 Å². The predicted molar refractivity (Wildman–Crippen MR) is 81.0 cm³/mol. The van der Waals surface area contributed by atoms with Gasteiger partial charge in [-0.25, -0.2) is 0 Å². The highest BCUT2D eigenvalue weighted by Gasteiger charge is 2.36. The van der Waals surface area contributed by atoms with Gasteiger partial charge in [0.1, 0.15) is 0 Å². The number of hydrogen-bond acceptors (Lipinski definition) is 2. The molecule has 0 spiro atoms. The summed E-state index contributed by atoms with van der Waals surface area (Å²) in [6.07, 6.45) is 3.65. The molecule has 3 rings (SSSR count). The average molecular weight is 272 g/mol. The Kier molecular flexibility index (Phi) is 3.55. The van der Waals surface area contributed by atoms with E-state index in [0.29, 0.717) is 12.1 Å². The van der Waals surface area contributed by atoms with Crippen molar-refractivity contribution in [3.8, 4) is 0 Å². The molecular formula is C17H24N2O. The summed E-state index contributed by atoms with van der Waals surface area (Å²) in [5.41, 5.74) is 3.18. The average Bonchev–Trinajstić information content (AvgIpc) is 2.62. The second-order valence-corrected chi connectivity index (χ2v) is 6.41. The van der Waals surface area contributed by atoms with E-state index >= 15 is 0 Å². The van der Waals surface area contributed by atoms with E-state index in [1.54, 1.807) is 0 Å². The van der Waals surface area contributed by atoms with Crippen LogP contribution < -0.4 is 0 Å². The van der Waals surface area contributed by atoms with Gasteiger partial charge in [-0.1, -0.05) is 17.7 Å². The summed E-state index contributed by atoms with van der Waals surface area (Å²) in [6, 6.07) is 7.36. The molecule has 2 saturated heterocycles. The highest BCUT2D eigenvalue weighted by atomic mass is 16.2. The summed E-state index contributed by atoms with van der Waals surface area (Å²) in [5, 5.41) is 0. The molecule has 3 heteroatoms. The van der Waals surface area contributed by atoms with Crippen molar-refractivity contribution in [2.75, 3.05) is 20.1 Å². The molecule has 20 heavy (non-hydrogen) atoms. The lowest BCUT2D eigenvalue weighted by molar-refractivity contribution is 0.0739. The normalized spacial score (nSPS) is 26.6. The minimum Gasteiger partial charge on any atom is -0.337 e. The van der Waals surface area contributed by atoms with Crippen LogP contribution in [0.3, 0.4) is 0 Å². The number of hydrogen-bond donors (Lipinski definition) is 0. The van der Waals surface area contributed by atoms with Crippen LogP contribution in [0.15, 0.2) is 18.2 Å². The second-order valence-electron chi connectivity index (χ2n) is 6.41. The number of benzene rings is 1. The Morgan fingerprint density at radius 1 is 1.15 bits per heavy atom. The quantitative estimate of drug-likeness (QED) is 0.784. The van der Waals surface area contributed by atoms with Gasteiger partial charge >= 0.3 is 0 Å². The fourth-order valence-corrected chi connectivity index (χ4v) is 3.72. The van der Waals surface area contributed by atoms with Crippen LogP contribution in [-0.2, 0) is 0 Å². The Hall–Kier alpha value is -1.35. The summed E-state index contributed by atoms with van der Waals surface area (Å²) in [5.74, 6) is 0.212. The first-order valence-corrected chi connectivity index (χ1v) is 7.64. The van der Waals surface area contributed by atoms with Gasteiger partial charge in [-0.15, -0.1) is 0 Å². The van der Waals surface area contributed by atoms with E-state index in [4.69, 9.17) is 0 Å². The van der Waals surface area contributed by atoms with Crippen molar-refractivity contribution < 1.29 is 4.79 Å². The zero-order valence-corrected chi connectivity index (χ0v) is 12.7. The topological polar surface area (TPSA) is 23.6 Å². The lowest BCUT2D eigenvalue weighted by atomic mass is 10.0. The molecule has 1 aromatic carbocycles. The number of nitrogens with zero attached hydrogens (tertiary/aromatic N) is 2. The van der Waals surface area contributed by atoms with E-state index in [2.05, 4.69) is 29.8 Å². The van der Waals surface area contributed by atoms with Crippen molar-refractivity contribution in [3.05, 3.63) is 34.9 Å². The third-order valence-electron chi connectivity index (χ3n) is 5.05. The zero-order valence-electron chi connectivity index (χ0n) is 12.7. The first kappa shape index (κ1) is 13.6. The fraction of sp³-hybridized carbons (Fsp3) is 0.588. The maximum absolute atomic E-state index is 12.8. The molecule has 2 unspecified atom stereocenters. The standard InChI is InChI=1S/C17H24N2O/c1-12-4-7-16(13(2)10-12)17(20)19-9-8-14-5-6-15(11-19)18(14)3/h4,7,10,14-15H,5-6,8-9,11H2,1-3H3. The van der Waals surface area contributed by atoms with Crippen LogP contribution in [0.25, 0.3) is 0 Å². The number of amides is 1. The van der Waals surface area contributed by atoms with Crippen LogP contribution in [0.4, 0.5) is 0 Å². The first-order chi connectivity index (χ1) is 9.56. The summed E-state index contributed by atoms with van der Waals surface area (Å²) in [7, 11) is 2.22. The highest BCUT2D eigenvalue weighted by molar-refractivity contribution is 5.95. The Labute approximate surface area is 121 Å². The number of carbonyl (C=O) groups is 1. The molecule has 0 radical (unpaired) electrons. The number of fused-ring (bicyclic) bond motifs is 2. The summed E-state index contributed by atoms with van der Waals surface area (Å²) in [6.45, 7) is 5.90. The molecule has 2 atom stereocenters. The Bertz CT molecular complexity index is 526. The van der Waals surface area contributed by atoms with E-state index in [0.717, 1.165) is 30.6 Å². The maximum Gasteiger partial charge on any atom is 0.254 e. The van der Waals surface area contributed by atoms with Gasteiger partial charge in [0.2, 0.25) is 0 Å². The molecule has 2 fully saturated rings. The number of carbonyl (C=O) groups excluding carboxylic acids is 1. The predicted octanol–water partition coefficient (Wildman–Crippen LogP) is 2.61. The van der Waals surface area contributed by atoms with Gasteiger partial charge in [-0.05, 0) is 51.8 Å². The van der Waals surface area contributed by atoms with Crippen molar-refractivity contribution in [1.82, 2.24) is 9.80 Å². The molecule has 2 aliphatic rings. The molecule has 0 N–H and O–H groups in total. The van der Waals surface area contributed by atoms with E-state index in [1.807, 2.05) is 19.1 Å². The molecule has 1 aromatic rings. The second kappa shape index (κ2) is 5.21. The smallest absolute Gasteiger partial charge is 0.254 e. The van der Waals surface area contributed by atoms with Gasteiger partial charge < -0.3 is 4.90 Å². The minimum atomic E-state index is 0.212. The van der Waals surface area contributed by atoms with E-state index in [9.17, 15) is 4.79 Å². The van der Waals surface area contributed by atoms with Crippen molar-refractivity contribution >= 4 is 5.91 Å². The number of likely N-dealkylation sites (N-methyl/N-ethyl adjacent to an activating group) is 1. The molecular weight excluding hydrogens is 248 g/mol. The molecule has 3 nitrogen and oxygen atoms in total. The van der Waals surface area contributed by atoms with E-state index in [-0.39, 0.29) is 5.91 Å². The first-order valence-electron chi connectivity index (χ1n) is 7.64. The summed E-state index contributed by atoms with van der Waals surface area (Å²) in [4.78, 5) is 17.3. The summed E-state index contributed by atoms with van der Waals surface area (Å²) < 4.78 is 0. The van der Waals surface area contributed by atoms with Crippen molar-refractivity contribution in [3.63, 3.8) is 0 Å². The van der Waals surface area contributed by atoms with Crippen molar-refractivity contribution in [1.29, 1.82) is 0 Å². The number of likely N-dealkylation sites (tertiary alicyclic amines) is 1. The van der Waals surface area contributed by atoms with Gasteiger partial charge in [0.25, 0.3) is 5.91 Å². The monoisotopic (exact) mass is 272 g/mol. The van der Waals surface area contributed by atoms with Gasteiger partial charge in [0.15, 0.2) is 0 Å². The number of aryl methyl sites for hydroxylation is 2.